The van der Waals surface area contributed by atoms with Gasteiger partial charge in [-0.2, -0.15) is 0 Å². The van der Waals surface area contributed by atoms with Crippen molar-refractivity contribution in [2.75, 3.05) is 17.6 Å². The van der Waals surface area contributed by atoms with E-state index in [9.17, 15) is 13.2 Å². The van der Waals surface area contributed by atoms with Crippen molar-refractivity contribution in [1.82, 2.24) is 0 Å². The molecule has 0 aromatic heterocycles. The monoisotopic (exact) mass is 345 g/mol. The topological polar surface area (TPSA) is 72.5 Å². The van der Waals surface area contributed by atoms with Crippen molar-refractivity contribution < 1.29 is 17.9 Å². The lowest BCUT2D eigenvalue weighted by atomic mass is 10.1. The minimum Gasteiger partial charge on any atom is -0.496 e. The van der Waals surface area contributed by atoms with Crippen LogP contribution >= 0.6 is 0 Å². The highest BCUT2D eigenvalue weighted by atomic mass is 32.2. The summed E-state index contributed by atoms with van der Waals surface area (Å²) in [7, 11) is -1.75. The third kappa shape index (κ3) is 4.70. The first-order valence-corrected chi connectivity index (χ1v) is 9.06. The van der Waals surface area contributed by atoms with E-state index >= 15 is 0 Å². The highest BCUT2D eigenvalue weighted by Gasteiger charge is 2.08. The van der Waals surface area contributed by atoms with Gasteiger partial charge in [-0.3, -0.25) is 9.52 Å². The quantitative estimate of drug-likeness (QED) is 0.617. The Kier molecular flexibility index (Phi) is 5.76. The Morgan fingerprint density at radius 2 is 1.79 bits per heavy atom. The highest BCUT2D eigenvalue weighted by molar-refractivity contribution is 7.92. The number of para-hydroxylation sites is 1. The van der Waals surface area contributed by atoms with E-state index in [2.05, 4.69) is 4.72 Å². The number of carbonyl (C=O) groups is 1. The molecule has 0 saturated carbocycles. The fraction of sp³-hybridized carbons (Fsp3) is 0.167. The normalized spacial score (nSPS) is 11.4. The molecule has 0 amide bonds. The van der Waals surface area contributed by atoms with Crippen LogP contribution in [0.5, 0.6) is 5.75 Å². The number of ketones is 1. The lowest BCUT2D eigenvalue weighted by Gasteiger charge is -2.06. The summed E-state index contributed by atoms with van der Waals surface area (Å²) in [4.78, 5) is 12.2. The molecule has 2 aromatic carbocycles. The molecule has 6 heteroatoms. The second-order valence-electron chi connectivity index (χ2n) is 5.02. The van der Waals surface area contributed by atoms with Gasteiger partial charge in [-0.15, -0.1) is 0 Å². The zero-order chi connectivity index (χ0) is 17.6. The molecule has 0 aliphatic rings. The first-order valence-electron chi connectivity index (χ1n) is 7.41. The van der Waals surface area contributed by atoms with E-state index in [1.807, 2.05) is 24.3 Å². The van der Waals surface area contributed by atoms with Gasteiger partial charge in [-0.05, 0) is 49.4 Å². The average molecular weight is 345 g/mol. The molecule has 0 bridgehead atoms. The van der Waals surface area contributed by atoms with Gasteiger partial charge in [0.2, 0.25) is 10.0 Å². The van der Waals surface area contributed by atoms with Gasteiger partial charge in [0, 0.05) is 16.8 Å². The van der Waals surface area contributed by atoms with Crippen LogP contribution in [0.2, 0.25) is 0 Å². The Labute approximate surface area is 142 Å². The molecule has 126 valence electrons. The van der Waals surface area contributed by atoms with Gasteiger partial charge < -0.3 is 4.74 Å². The van der Waals surface area contributed by atoms with Crippen LogP contribution in [0.1, 0.15) is 22.8 Å². The predicted octanol–water partition coefficient (Wildman–Crippen LogP) is 3.35. The summed E-state index contributed by atoms with van der Waals surface area (Å²) in [5, 5.41) is 0. The number of nitrogens with one attached hydrogen (secondary N) is 1. The SMILES string of the molecule is CCS(=O)(=O)Nc1ccc(C(=O)/C=C/c2ccccc2OC)cc1. The van der Waals surface area contributed by atoms with Crippen LogP contribution in [-0.4, -0.2) is 27.1 Å². The highest BCUT2D eigenvalue weighted by Crippen LogP contribution is 2.19. The number of carbonyl (C=O) groups excluding carboxylic acids is 1. The largest absolute Gasteiger partial charge is 0.496 e. The van der Waals surface area contributed by atoms with Gasteiger partial charge in [0.05, 0.1) is 12.9 Å². The first-order chi connectivity index (χ1) is 11.4. The summed E-state index contributed by atoms with van der Waals surface area (Å²) < 4.78 is 30.7. The summed E-state index contributed by atoms with van der Waals surface area (Å²) in [6, 6.07) is 13.7. The molecule has 5 nitrogen and oxygen atoms in total. The summed E-state index contributed by atoms with van der Waals surface area (Å²) >= 11 is 0. The maximum atomic E-state index is 12.2. The second-order valence-corrected chi connectivity index (χ2v) is 7.03. The first kappa shape index (κ1) is 17.7. The summed E-state index contributed by atoms with van der Waals surface area (Å²) in [6.07, 6.45) is 3.15. The van der Waals surface area contributed by atoms with Gasteiger partial charge in [0.15, 0.2) is 5.78 Å². The Balaban J connectivity index is 2.11. The fourth-order valence-electron chi connectivity index (χ4n) is 2.02. The van der Waals surface area contributed by atoms with Crippen LogP contribution in [0, 0.1) is 0 Å². The maximum Gasteiger partial charge on any atom is 0.232 e. The van der Waals surface area contributed by atoms with E-state index in [4.69, 9.17) is 4.74 Å². The van der Waals surface area contributed by atoms with Gasteiger partial charge in [0.25, 0.3) is 0 Å². The molecule has 0 aliphatic heterocycles. The van der Waals surface area contributed by atoms with Gasteiger partial charge in [-0.25, -0.2) is 8.42 Å². The lowest BCUT2D eigenvalue weighted by molar-refractivity contribution is 0.104. The average Bonchev–Trinajstić information content (AvgIpc) is 2.60. The number of rotatable bonds is 7. The van der Waals surface area contributed by atoms with Gasteiger partial charge >= 0.3 is 0 Å². The molecule has 24 heavy (non-hydrogen) atoms. The van der Waals surface area contributed by atoms with E-state index in [1.165, 1.54) is 6.08 Å². The van der Waals surface area contributed by atoms with Gasteiger partial charge in [0.1, 0.15) is 5.75 Å². The van der Waals surface area contributed by atoms with Crippen molar-refractivity contribution in [3.05, 3.63) is 65.7 Å². The van der Waals surface area contributed by atoms with Crippen molar-refractivity contribution in [3.8, 4) is 5.75 Å². The Hall–Kier alpha value is -2.60. The number of hydrogen-bond acceptors (Lipinski definition) is 4. The third-order valence-corrected chi connectivity index (χ3v) is 4.68. The summed E-state index contributed by atoms with van der Waals surface area (Å²) in [5.74, 6) is 0.506. The minimum atomic E-state index is -3.32. The molecule has 2 aromatic rings. The Morgan fingerprint density at radius 3 is 2.42 bits per heavy atom. The molecular formula is C18H19NO4S. The molecule has 0 fully saturated rings. The molecule has 2 rings (SSSR count). The number of benzene rings is 2. The minimum absolute atomic E-state index is 0.00463. The second kappa shape index (κ2) is 7.79. The molecule has 1 N–H and O–H groups in total. The van der Waals surface area contributed by atoms with Crippen molar-refractivity contribution in [1.29, 1.82) is 0 Å². The lowest BCUT2D eigenvalue weighted by Crippen LogP contribution is -2.14. The van der Waals surface area contributed by atoms with E-state index in [1.54, 1.807) is 44.4 Å². The van der Waals surface area contributed by atoms with Crippen LogP contribution in [0.15, 0.2) is 54.6 Å². The van der Waals surface area contributed by atoms with Crippen molar-refractivity contribution in [2.45, 2.75) is 6.92 Å². The molecule has 0 spiro atoms. The van der Waals surface area contributed by atoms with E-state index in [-0.39, 0.29) is 11.5 Å². The number of allylic oxidation sites excluding steroid dienone is 1. The molecule has 0 radical (unpaired) electrons. The summed E-state index contributed by atoms with van der Waals surface area (Å²) in [6.45, 7) is 1.56. The predicted molar refractivity (Wildman–Crippen MR) is 95.9 cm³/mol. The molecule has 0 atom stereocenters. The molecule has 0 saturated heterocycles. The van der Waals surface area contributed by atoms with Gasteiger partial charge in [-0.1, -0.05) is 18.2 Å². The van der Waals surface area contributed by atoms with E-state index in [0.29, 0.717) is 17.0 Å². The number of hydrogen-bond donors (Lipinski definition) is 1. The molecule has 0 aliphatic carbocycles. The van der Waals surface area contributed by atoms with E-state index < -0.39 is 10.0 Å². The maximum absolute atomic E-state index is 12.2. The standard InChI is InChI=1S/C18H19NO4S/c1-3-24(21,22)19-16-11-8-14(9-12-16)17(20)13-10-15-6-4-5-7-18(15)23-2/h4-13,19H,3H2,1-2H3/b13-10+. The van der Waals surface area contributed by atoms with Crippen molar-refractivity contribution in [3.63, 3.8) is 0 Å². The number of sulfonamides is 1. The number of methoxy groups -OCH3 is 1. The zero-order valence-corrected chi connectivity index (χ0v) is 14.3. The van der Waals surface area contributed by atoms with Crippen LogP contribution in [-0.2, 0) is 10.0 Å². The van der Waals surface area contributed by atoms with Crippen LogP contribution in [0.3, 0.4) is 0 Å². The molecular weight excluding hydrogens is 326 g/mol. The third-order valence-electron chi connectivity index (χ3n) is 3.38. The number of ether oxygens (including phenoxy) is 1. The summed E-state index contributed by atoms with van der Waals surface area (Å²) in [5.41, 5.74) is 1.71. The van der Waals surface area contributed by atoms with Crippen molar-refractivity contribution >= 4 is 27.6 Å². The smallest absolute Gasteiger partial charge is 0.232 e. The van der Waals surface area contributed by atoms with E-state index in [0.717, 1.165) is 5.56 Å². The van der Waals surface area contributed by atoms with Crippen molar-refractivity contribution in [2.24, 2.45) is 0 Å². The molecule has 0 heterocycles. The Morgan fingerprint density at radius 1 is 1.12 bits per heavy atom. The zero-order valence-electron chi connectivity index (χ0n) is 13.5. The number of anilines is 1. The fourth-order valence-corrected chi connectivity index (χ4v) is 2.66. The van der Waals surface area contributed by atoms with Crippen LogP contribution < -0.4 is 9.46 Å². The van der Waals surface area contributed by atoms with Crippen LogP contribution in [0.4, 0.5) is 5.69 Å². The molecule has 0 unspecified atom stereocenters. The van der Waals surface area contributed by atoms with Crippen LogP contribution in [0.25, 0.3) is 6.08 Å². The Bertz CT molecular complexity index is 840.